The van der Waals surface area contributed by atoms with Crippen molar-refractivity contribution in [3.63, 3.8) is 0 Å². The number of halogens is 4. The van der Waals surface area contributed by atoms with Crippen LogP contribution in [0.5, 0.6) is 0 Å². The molecular formula is C97H112F4O16S2+2. The minimum atomic E-state index is -3.26. The molecular weight excluding hydrogens is 1560 g/mol. The molecule has 16 aliphatic carbocycles. The van der Waals surface area contributed by atoms with Crippen molar-refractivity contribution in [3.8, 4) is 0 Å². The molecule has 0 aromatic heterocycles. The van der Waals surface area contributed by atoms with Gasteiger partial charge in [-0.3, -0.25) is 38.4 Å². The number of aliphatic hydroxyl groups is 2. The molecule has 0 aliphatic heterocycles. The summed E-state index contributed by atoms with van der Waals surface area (Å²) in [5.41, 5.74) is -8.34. The molecule has 22 rings (SSSR count). The summed E-state index contributed by atoms with van der Waals surface area (Å²) in [6.07, 6.45) is 14.1. The van der Waals surface area contributed by atoms with Crippen LogP contribution in [0.3, 0.4) is 0 Å². The van der Waals surface area contributed by atoms with E-state index >= 15 is 0 Å². The SMILES string of the molecule is CC(F)(F)COC(=O)C(C)(COC(=O)C12CC3CC(CC(O)(C3)C1)C2)COC(=O)C12CC3CC(CC(O)(C3)C1)C2.CCC(COC(=O)C12CC3CC(C1)C(=O)C(C3)C2)(COC(=O)C12CC3CC(C1)C(=O)C(C3)C2)C(=O)OCC(C)(F)F.c1ccc([S+](c2ccccc2)c2ccccc2)cc1.c1ccc([S+](c2ccccc2)c2ccccc2)cc1. The van der Waals surface area contributed by atoms with Crippen LogP contribution in [0.25, 0.3) is 0 Å². The van der Waals surface area contributed by atoms with Crippen LogP contribution < -0.4 is 0 Å². The zero-order chi connectivity index (χ0) is 84.0. The summed E-state index contributed by atoms with van der Waals surface area (Å²) in [4.78, 5) is 114. The van der Waals surface area contributed by atoms with E-state index < -0.39 is 131 Å². The van der Waals surface area contributed by atoms with E-state index in [2.05, 4.69) is 182 Å². The molecule has 119 heavy (non-hydrogen) atoms. The molecule has 16 fully saturated rings. The Balaban J connectivity index is 0.000000131. The lowest BCUT2D eigenvalue weighted by molar-refractivity contribution is -0.206. The van der Waals surface area contributed by atoms with Gasteiger partial charge in [0.05, 0.1) is 54.7 Å². The molecule has 0 radical (unpaired) electrons. The Morgan fingerprint density at radius 2 is 0.588 bits per heavy atom. The normalized spacial score (nSPS) is 32.0. The second kappa shape index (κ2) is 34.3. The standard InChI is InChI=1S/C31H40F2O8.C30H42F2O8.2C18H15S/c1-3-29(25(36)39-14-28(2,32)33,15-40-26(37)30-8-17-4-19(10-30)23(34)20(5-17)11-30)16-41-27(38)31-9-18-6-21(12-31)24(35)22(7-18)13-31;1-25(22(33)40-17-26(2,31)32,15-38-23(34)27-5-18-3-19(6-27)10-29(36,9-18)13-27)16-39-24(35)28-7-20-4-21(8-28)12-30(37,11-20)14-28;2*1-4-10-16(11-5-1)19(17-12-6-2-7-13-17)18-14-8-3-9-15-18/h17-22H,3-16H2,1-2H3;18-21,36-37H,3-17H2,1-2H3;2*1-15H/q;;2*+1. The number of carbonyl (C=O) groups excluding carboxylic acids is 8. The molecule has 8 unspecified atom stereocenters. The third-order valence-electron chi connectivity index (χ3n) is 28.2. The predicted molar refractivity (Wildman–Crippen MR) is 437 cm³/mol. The highest BCUT2D eigenvalue weighted by Gasteiger charge is 2.65. The van der Waals surface area contributed by atoms with Gasteiger partial charge in [-0.2, -0.15) is 0 Å². The van der Waals surface area contributed by atoms with Gasteiger partial charge >= 0.3 is 35.8 Å². The number of hydrogen-bond donors (Lipinski definition) is 2. The third-order valence-corrected chi connectivity index (χ3v) is 32.6. The van der Waals surface area contributed by atoms with Gasteiger partial charge in [0.25, 0.3) is 11.8 Å². The summed E-state index contributed by atoms with van der Waals surface area (Å²) in [6, 6.07) is 64.3. The van der Waals surface area contributed by atoms with E-state index in [-0.39, 0.29) is 87.1 Å². The first-order chi connectivity index (χ1) is 56.7. The number of ketones is 2. The number of rotatable bonds is 25. The first-order valence-electron chi connectivity index (χ1n) is 42.8. The molecule has 16 bridgehead atoms. The van der Waals surface area contributed by atoms with Gasteiger partial charge in [0, 0.05) is 37.5 Å². The number of benzene rings is 6. The molecule has 2 N–H and O–H groups in total. The molecule has 0 amide bonds. The molecule has 6 aromatic carbocycles. The quantitative estimate of drug-likeness (QED) is 0.0235. The lowest BCUT2D eigenvalue weighted by atomic mass is 9.48. The highest BCUT2D eigenvalue weighted by molar-refractivity contribution is 7.97. The zero-order valence-corrected chi connectivity index (χ0v) is 70.2. The van der Waals surface area contributed by atoms with E-state index in [0.717, 1.165) is 38.5 Å². The van der Waals surface area contributed by atoms with Crippen LogP contribution in [0.4, 0.5) is 17.6 Å². The Hall–Kier alpha value is -8.18. The predicted octanol–water partition coefficient (Wildman–Crippen LogP) is 18.0. The van der Waals surface area contributed by atoms with Gasteiger partial charge in [-0.05, 0) is 263 Å². The summed E-state index contributed by atoms with van der Waals surface area (Å²) >= 11 is 0. The molecule has 0 spiro atoms. The van der Waals surface area contributed by atoms with E-state index in [1.165, 1.54) is 36.3 Å². The van der Waals surface area contributed by atoms with Gasteiger partial charge in [0.1, 0.15) is 48.8 Å². The second-order valence-corrected chi connectivity index (χ2v) is 42.3. The van der Waals surface area contributed by atoms with E-state index in [1.54, 1.807) is 6.92 Å². The number of Topliss-reactive ketones (excluding diaryl/α,β-unsaturated/α-hetero) is 2. The molecule has 8 atom stereocenters. The second-order valence-electron chi connectivity index (χ2n) is 38.3. The van der Waals surface area contributed by atoms with Gasteiger partial charge in [-0.25, -0.2) is 17.6 Å². The van der Waals surface area contributed by atoms with Gasteiger partial charge < -0.3 is 38.6 Å². The maximum Gasteiger partial charge on any atom is 0.319 e. The maximum absolute atomic E-state index is 13.6. The van der Waals surface area contributed by atoms with Crippen LogP contribution in [0.15, 0.2) is 211 Å². The van der Waals surface area contributed by atoms with E-state index in [9.17, 15) is 66.1 Å². The smallest absolute Gasteiger partial charge is 0.319 e. The summed E-state index contributed by atoms with van der Waals surface area (Å²) in [6.45, 7) is 0.0643. The Kier molecular flexibility index (Phi) is 24.7. The van der Waals surface area contributed by atoms with E-state index in [0.29, 0.717) is 128 Å². The summed E-state index contributed by atoms with van der Waals surface area (Å²) in [5.74, 6) is -9.09. The fraction of sp³-hybridized carbons (Fsp3) is 0.546. The number of hydrogen-bond acceptors (Lipinski definition) is 16. The third kappa shape index (κ3) is 18.8. The summed E-state index contributed by atoms with van der Waals surface area (Å²) in [7, 11) is -0.0293. The molecule has 0 heterocycles. The highest BCUT2D eigenvalue weighted by Crippen LogP contribution is 2.65. The molecule has 6 aromatic rings. The molecule has 16 nitrogen and oxygen atoms in total. The van der Waals surface area contributed by atoms with Crippen molar-refractivity contribution in [2.45, 2.75) is 228 Å². The monoisotopic (exact) mass is 1670 g/mol. The van der Waals surface area contributed by atoms with Crippen LogP contribution in [0.1, 0.15) is 175 Å². The number of alkyl halides is 4. The minimum Gasteiger partial charge on any atom is -0.464 e. The van der Waals surface area contributed by atoms with Crippen molar-refractivity contribution in [1.29, 1.82) is 0 Å². The van der Waals surface area contributed by atoms with Gasteiger partial charge in [0.2, 0.25) is 0 Å². The molecule has 16 saturated carbocycles. The largest absolute Gasteiger partial charge is 0.464 e. The number of carbonyl (C=O) groups is 8. The Bertz CT molecular complexity index is 4130. The van der Waals surface area contributed by atoms with Crippen molar-refractivity contribution >= 4 is 69.2 Å². The molecule has 22 heteroatoms. The first-order valence-corrected chi connectivity index (χ1v) is 45.2. The average Bonchev–Trinajstić information content (AvgIpc) is 0.736. The Morgan fingerprint density at radius 1 is 0.336 bits per heavy atom. The zero-order valence-electron chi connectivity index (χ0n) is 68.5. The average molecular weight is 1670 g/mol. The van der Waals surface area contributed by atoms with Gasteiger partial charge in [-0.1, -0.05) is 116 Å². The lowest BCUT2D eigenvalue weighted by Crippen LogP contribution is -2.59. The molecule has 0 saturated heterocycles. The van der Waals surface area contributed by atoms with E-state index in [4.69, 9.17) is 28.4 Å². The van der Waals surface area contributed by atoms with Crippen molar-refractivity contribution in [3.05, 3.63) is 182 Å². The van der Waals surface area contributed by atoms with Gasteiger partial charge in [0.15, 0.2) is 42.6 Å². The summed E-state index contributed by atoms with van der Waals surface area (Å²) in [5, 5.41) is 22.1. The molecule has 634 valence electrons. The number of esters is 6. The lowest BCUT2D eigenvalue weighted by Gasteiger charge is -2.58. The van der Waals surface area contributed by atoms with Crippen LogP contribution in [0.2, 0.25) is 0 Å². The topological polar surface area (TPSA) is 232 Å². The number of ether oxygens (including phenoxy) is 6. The highest BCUT2D eigenvalue weighted by atomic mass is 32.2. The van der Waals surface area contributed by atoms with Crippen molar-refractivity contribution in [2.75, 3.05) is 39.6 Å². The van der Waals surface area contributed by atoms with Crippen LogP contribution in [-0.4, -0.2) is 120 Å². The first kappa shape index (κ1) is 85.8. The Morgan fingerprint density at radius 3 is 0.849 bits per heavy atom. The van der Waals surface area contributed by atoms with E-state index in [1.807, 2.05) is 0 Å². The Labute approximate surface area is 700 Å². The van der Waals surface area contributed by atoms with Gasteiger partial charge in [-0.15, -0.1) is 0 Å². The molecule has 16 aliphatic rings. The van der Waals surface area contributed by atoms with Crippen molar-refractivity contribution in [2.24, 2.45) is 91.7 Å². The maximum atomic E-state index is 13.6. The van der Waals surface area contributed by atoms with Crippen molar-refractivity contribution < 1.29 is 94.6 Å². The van der Waals surface area contributed by atoms with Crippen molar-refractivity contribution in [1.82, 2.24) is 0 Å². The fourth-order valence-electron chi connectivity index (χ4n) is 23.9. The summed E-state index contributed by atoms with van der Waals surface area (Å²) < 4.78 is 87.2. The minimum absolute atomic E-state index is 0.0146. The fourth-order valence-corrected chi connectivity index (χ4v) is 28.1. The van der Waals surface area contributed by atoms with Crippen LogP contribution in [-0.2, 0) is 88.6 Å². The van der Waals surface area contributed by atoms with Crippen LogP contribution >= 0.6 is 0 Å². The van der Waals surface area contributed by atoms with Crippen LogP contribution in [0, 0.1) is 91.7 Å².